The largest absolute Gasteiger partial charge is 0.364 e. The Kier molecular flexibility index (Phi) is 3.89. The van der Waals surface area contributed by atoms with Crippen molar-refractivity contribution in [3.8, 4) is 11.4 Å². The fraction of sp³-hybridized carbons (Fsp3) is 0.222. The first-order chi connectivity index (χ1) is 12.2. The molecule has 1 aromatic carbocycles. The summed E-state index contributed by atoms with van der Waals surface area (Å²) >= 11 is 0. The fourth-order valence-corrected chi connectivity index (χ4v) is 2.74. The average Bonchev–Trinajstić information content (AvgIpc) is 3.31. The maximum Gasteiger partial charge on any atom is 0.185 e. The van der Waals surface area contributed by atoms with E-state index in [0.29, 0.717) is 0 Å². The molecule has 2 atom stereocenters. The summed E-state index contributed by atoms with van der Waals surface area (Å²) < 4.78 is 3.70. The Labute approximate surface area is 145 Å². The van der Waals surface area contributed by atoms with Gasteiger partial charge in [-0.15, -0.1) is 15.3 Å². The molecule has 0 aliphatic carbocycles. The lowest BCUT2D eigenvalue weighted by atomic mass is 10.2. The van der Waals surface area contributed by atoms with E-state index in [1.807, 2.05) is 59.4 Å². The summed E-state index contributed by atoms with van der Waals surface area (Å²) in [7, 11) is 0. The molecule has 7 heteroatoms. The van der Waals surface area contributed by atoms with Gasteiger partial charge in [0.1, 0.15) is 5.82 Å². The van der Waals surface area contributed by atoms with E-state index in [9.17, 15) is 0 Å². The van der Waals surface area contributed by atoms with E-state index in [1.54, 1.807) is 10.7 Å². The second-order valence-electron chi connectivity index (χ2n) is 6.04. The van der Waals surface area contributed by atoms with Crippen LogP contribution < -0.4 is 5.32 Å². The van der Waals surface area contributed by atoms with Gasteiger partial charge in [-0.05, 0) is 32.0 Å². The number of hydrogen-bond acceptors (Lipinski definition) is 5. The van der Waals surface area contributed by atoms with Gasteiger partial charge in [0.2, 0.25) is 0 Å². The first-order valence-electron chi connectivity index (χ1n) is 8.26. The molecule has 4 rings (SSSR count). The first-order valence-corrected chi connectivity index (χ1v) is 8.26. The van der Waals surface area contributed by atoms with E-state index >= 15 is 0 Å². The molecule has 0 aliphatic rings. The smallest absolute Gasteiger partial charge is 0.185 e. The molecule has 1 N–H and O–H groups in total. The standard InChI is InChI=1S/C18H19N7/c1-13(14(2)24-12-6-11-19-24)20-16-9-10-17-21-22-18(25(17)23-16)15-7-4-3-5-8-15/h3-14H,1-2H3,(H,20,23). The highest BCUT2D eigenvalue weighted by Crippen LogP contribution is 2.19. The van der Waals surface area contributed by atoms with Crippen LogP contribution in [0.15, 0.2) is 60.9 Å². The van der Waals surface area contributed by atoms with Gasteiger partial charge in [-0.3, -0.25) is 4.68 Å². The summed E-state index contributed by atoms with van der Waals surface area (Å²) in [6.45, 7) is 4.24. The summed E-state index contributed by atoms with van der Waals surface area (Å²) in [5.41, 5.74) is 1.70. The zero-order chi connectivity index (χ0) is 17.2. The summed E-state index contributed by atoms with van der Waals surface area (Å²) in [6, 6.07) is 16.1. The zero-order valence-electron chi connectivity index (χ0n) is 14.1. The molecule has 0 bridgehead atoms. The number of hydrogen-bond donors (Lipinski definition) is 1. The third-order valence-corrected chi connectivity index (χ3v) is 4.34. The Morgan fingerprint density at radius 2 is 1.80 bits per heavy atom. The molecule has 0 aliphatic heterocycles. The minimum atomic E-state index is 0.154. The van der Waals surface area contributed by atoms with E-state index in [1.165, 1.54) is 0 Å². The molecular formula is C18H19N7. The lowest BCUT2D eigenvalue weighted by Crippen LogP contribution is -2.27. The Balaban J connectivity index is 1.63. The summed E-state index contributed by atoms with van der Waals surface area (Å²) in [6.07, 6.45) is 3.75. The van der Waals surface area contributed by atoms with E-state index in [2.05, 4.69) is 39.6 Å². The van der Waals surface area contributed by atoms with Gasteiger partial charge in [-0.2, -0.15) is 9.61 Å². The number of rotatable bonds is 5. The normalized spacial score (nSPS) is 13.7. The lowest BCUT2D eigenvalue weighted by Gasteiger charge is -2.22. The number of fused-ring (bicyclic) bond motifs is 1. The van der Waals surface area contributed by atoms with Gasteiger partial charge in [0.25, 0.3) is 0 Å². The highest BCUT2D eigenvalue weighted by Gasteiger charge is 2.16. The molecule has 3 heterocycles. The Hall–Kier alpha value is -3.22. The van der Waals surface area contributed by atoms with Crippen LogP contribution in [0, 0.1) is 0 Å². The Morgan fingerprint density at radius 1 is 0.960 bits per heavy atom. The molecule has 4 aromatic rings. The van der Waals surface area contributed by atoms with Crippen molar-refractivity contribution in [1.29, 1.82) is 0 Å². The van der Waals surface area contributed by atoms with E-state index < -0.39 is 0 Å². The summed E-state index contributed by atoms with van der Waals surface area (Å²) in [5, 5.41) is 20.9. The molecule has 0 amide bonds. The molecule has 0 radical (unpaired) electrons. The van der Waals surface area contributed by atoms with Gasteiger partial charge >= 0.3 is 0 Å². The van der Waals surface area contributed by atoms with Gasteiger partial charge in [0.05, 0.1) is 6.04 Å². The SMILES string of the molecule is CC(Nc1ccc2nnc(-c3ccccc3)n2n1)C(C)n1cccn1. The Morgan fingerprint density at radius 3 is 2.56 bits per heavy atom. The van der Waals surface area contributed by atoms with Crippen LogP contribution in [-0.4, -0.2) is 35.6 Å². The number of anilines is 1. The van der Waals surface area contributed by atoms with Crippen molar-refractivity contribution >= 4 is 11.5 Å². The van der Waals surface area contributed by atoms with E-state index in [-0.39, 0.29) is 12.1 Å². The molecule has 0 saturated heterocycles. The number of nitrogens with one attached hydrogen (secondary N) is 1. The number of nitrogens with zero attached hydrogens (tertiary/aromatic N) is 6. The van der Waals surface area contributed by atoms with Crippen LogP contribution in [0.4, 0.5) is 5.82 Å². The highest BCUT2D eigenvalue weighted by molar-refractivity contribution is 5.59. The molecule has 126 valence electrons. The van der Waals surface area contributed by atoms with Crippen molar-refractivity contribution in [2.45, 2.75) is 25.9 Å². The molecule has 0 spiro atoms. The van der Waals surface area contributed by atoms with E-state index in [0.717, 1.165) is 22.9 Å². The topological polar surface area (TPSA) is 72.9 Å². The van der Waals surface area contributed by atoms with Crippen molar-refractivity contribution in [2.24, 2.45) is 0 Å². The fourth-order valence-electron chi connectivity index (χ4n) is 2.74. The highest BCUT2D eigenvalue weighted by atomic mass is 15.4. The number of benzene rings is 1. The zero-order valence-corrected chi connectivity index (χ0v) is 14.1. The minimum absolute atomic E-state index is 0.154. The molecule has 2 unspecified atom stereocenters. The predicted octanol–water partition coefficient (Wildman–Crippen LogP) is 3.05. The van der Waals surface area contributed by atoms with Crippen molar-refractivity contribution in [3.63, 3.8) is 0 Å². The quantitative estimate of drug-likeness (QED) is 0.608. The predicted molar refractivity (Wildman–Crippen MR) is 96.2 cm³/mol. The molecule has 0 saturated carbocycles. The van der Waals surface area contributed by atoms with Crippen LogP contribution in [0.25, 0.3) is 17.0 Å². The lowest BCUT2D eigenvalue weighted by molar-refractivity contribution is 0.442. The van der Waals surface area contributed by atoms with Crippen LogP contribution in [0.2, 0.25) is 0 Å². The van der Waals surface area contributed by atoms with Crippen molar-refractivity contribution in [2.75, 3.05) is 5.32 Å². The van der Waals surface area contributed by atoms with Crippen molar-refractivity contribution < 1.29 is 0 Å². The van der Waals surface area contributed by atoms with Gasteiger partial charge in [-0.25, -0.2) is 0 Å². The molecule has 0 fully saturated rings. The third kappa shape index (κ3) is 2.96. The summed E-state index contributed by atoms with van der Waals surface area (Å²) in [5.74, 6) is 1.50. The van der Waals surface area contributed by atoms with Crippen molar-refractivity contribution in [1.82, 2.24) is 29.6 Å². The maximum atomic E-state index is 4.67. The van der Waals surface area contributed by atoms with Crippen LogP contribution in [0.1, 0.15) is 19.9 Å². The maximum absolute atomic E-state index is 4.67. The minimum Gasteiger partial charge on any atom is -0.364 e. The monoisotopic (exact) mass is 333 g/mol. The first kappa shape index (κ1) is 15.3. The van der Waals surface area contributed by atoms with Crippen LogP contribution in [-0.2, 0) is 0 Å². The molecular weight excluding hydrogens is 314 g/mol. The summed E-state index contributed by atoms with van der Waals surface area (Å²) in [4.78, 5) is 0. The van der Waals surface area contributed by atoms with E-state index in [4.69, 9.17) is 0 Å². The van der Waals surface area contributed by atoms with Gasteiger partial charge in [-0.1, -0.05) is 30.3 Å². The molecule has 25 heavy (non-hydrogen) atoms. The van der Waals surface area contributed by atoms with Crippen LogP contribution in [0.5, 0.6) is 0 Å². The van der Waals surface area contributed by atoms with Gasteiger partial charge in [0.15, 0.2) is 11.5 Å². The molecule has 7 nitrogen and oxygen atoms in total. The number of aromatic nitrogens is 6. The second-order valence-corrected chi connectivity index (χ2v) is 6.04. The van der Waals surface area contributed by atoms with Crippen molar-refractivity contribution in [3.05, 3.63) is 60.9 Å². The Bertz CT molecular complexity index is 960. The van der Waals surface area contributed by atoms with Gasteiger partial charge in [0, 0.05) is 24.0 Å². The second kappa shape index (κ2) is 6.35. The third-order valence-electron chi connectivity index (χ3n) is 4.34. The average molecular weight is 333 g/mol. The van der Waals surface area contributed by atoms with Crippen LogP contribution in [0.3, 0.4) is 0 Å². The molecule has 3 aromatic heterocycles. The van der Waals surface area contributed by atoms with Gasteiger partial charge < -0.3 is 5.32 Å². The van der Waals surface area contributed by atoms with Crippen LogP contribution >= 0.6 is 0 Å².